The van der Waals surface area contributed by atoms with Gasteiger partial charge in [-0.2, -0.15) is 5.26 Å². The molecule has 0 aliphatic heterocycles. The number of benzene rings is 2. The van der Waals surface area contributed by atoms with E-state index in [4.69, 9.17) is 0 Å². The largest absolute Gasteiger partial charge is 0.245 e. The van der Waals surface area contributed by atoms with Crippen LogP contribution in [0.2, 0.25) is 0 Å². The molecule has 0 saturated heterocycles. The van der Waals surface area contributed by atoms with Crippen molar-refractivity contribution < 1.29 is 4.39 Å². The fourth-order valence-electron chi connectivity index (χ4n) is 2.35. The molecule has 0 radical (unpaired) electrons. The zero-order valence-electron chi connectivity index (χ0n) is 12.0. The van der Waals surface area contributed by atoms with Gasteiger partial charge in [0.15, 0.2) is 0 Å². The van der Waals surface area contributed by atoms with Crippen LogP contribution in [0.1, 0.15) is 16.8 Å². The number of nitriles is 1. The van der Waals surface area contributed by atoms with E-state index in [0.29, 0.717) is 16.6 Å². The second kappa shape index (κ2) is 6.17. The molecule has 0 atom stereocenters. The highest BCUT2D eigenvalue weighted by Gasteiger charge is 2.12. The number of hydrogen-bond acceptors (Lipinski definition) is 3. The second-order valence-corrected chi connectivity index (χ2v) is 5.92. The van der Waals surface area contributed by atoms with Crippen molar-refractivity contribution in [3.05, 3.63) is 71.2 Å². The van der Waals surface area contributed by atoms with Crippen molar-refractivity contribution in [1.29, 1.82) is 5.26 Å². The van der Waals surface area contributed by atoms with Crippen molar-refractivity contribution in [2.24, 2.45) is 0 Å². The van der Waals surface area contributed by atoms with E-state index in [-0.39, 0.29) is 5.82 Å². The summed E-state index contributed by atoms with van der Waals surface area (Å²) in [5.41, 5.74) is 2.37. The Labute approximate surface area is 132 Å². The number of hydrogen-bond donors (Lipinski definition) is 0. The predicted octanol–water partition coefficient (Wildman–Crippen LogP) is 4.85. The zero-order chi connectivity index (χ0) is 15.5. The summed E-state index contributed by atoms with van der Waals surface area (Å²) in [4.78, 5) is 4.50. The van der Waals surface area contributed by atoms with Gasteiger partial charge < -0.3 is 0 Å². The number of halogens is 1. The first-order valence-electron chi connectivity index (χ1n) is 6.85. The molecule has 0 N–H and O–H groups in total. The molecule has 0 bridgehead atoms. The molecule has 0 aliphatic rings. The summed E-state index contributed by atoms with van der Waals surface area (Å²) in [5.74, 6) is 0.439. The van der Waals surface area contributed by atoms with Gasteiger partial charge in [-0.25, -0.2) is 9.37 Å². The van der Waals surface area contributed by atoms with Crippen LogP contribution in [0.4, 0.5) is 4.39 Å². The Kier molecular flexibility index (Phi) is 4.08. The topological polar surface area (TPSA) is 36.7 Å². The standard InChI is InChI=1S/C18H13FN2S/c1-12-17(10-20)15-8-7-14(19)9-16(15)18(21-12)22-11-13-5-3-2-4-6-13/h2-9H,11H2,1H3. The lowest BCUT2D eigenvalue weighted by atomic mass is 10.1. The van der Waals surface area contributed by atoms with E-state index in [1.807, 2.05) is 37.3 Å². The molecule has 0 unspecified atom stereocenters. The molecule has 3 rings (SSSR count). The lowest BCUT2D eigenvalue weighted by Gasteiger charge is -2.09. The van der Waals surface area contributed by atoms with Crippen LogP contribution in [0.3, 0.4) is 0 Å². The summed E-state index contributed by atoms with van der Waals surface area (Å²) in [6.45, 7) is 1.81. The maximum absolute atomic E-state index is 13.6. The average Bonchev–Trinajstić information content (AvgIpc) is 2.54. The van der Waals surface area contributed by atoms with E-state index in [9.17, 15) is 9.65 Å². The number of rotatable bonds is 3. The van der Waals surface area contributed by atoms with Gasteiger partial charge in [0.1, 0.15) is 16.9 Å². The third-order valence-electron chi connectivity index (χ3n) is 3.44. The molecule has 1 heterocycles. The van der Waals surface area contributed by atoms with Crippen LogP contribution in [0.25, 0.3) is 10.8 Å². The van der Waals surface area contributed by atoms with Crippen molar-refractivity contribution >= 4 is 22.5 Å². The van der Waals surface area contributed by atoms with Gasteiger partial charge >= 0.3 is 0 Å². The number of pyridine rings is 1. The van der Waals surface area contributed by atoms with E-state index in [2.05, 4.69) is 11.1 Å². The number of aryl methyl sites for hydroxylation is 1. The normalized spacial score (nSPS) is 10.6. The molecule has 0 spiro atoms. The highest BCUT2D eigenvalue weighted by atomic mass is 32.2. The second-order valence-electron chi connectivity index (χ2n) is 4.95. The molecule has 4 heteroatoms. The van der Waals surface area contributed by atoms with Gasteiger partial charge in [-0.1, -0.05) is 30.3 Å². The maximum atomic E-state index is 13.6. The molecule has 1 aromatic heterocycles. The fraction of sp³-hybridized carbons (Fsp3) is 0.111. The highest BCUT2D eigenvalue weighted by molar-refractivity contribution is 7.98. The summed E-state index contributed by atoms with van der Waals surface area (Å²) < 4.78 is 13.6. The van der Waals surface area contributed by atoms with Crippen LogP contribution in [0.5, 0.6) is 0 Å². The Morgan fingerprint density at radius 2 is 1.91 bits per heavy atom. The molecule has 0 saturated carbocycles. The minimum atomic E-state index is -0.316. The van der Waals surface area contributed by atoms with Gasteiger partial charge in [0, 0.05) is 16.5 Å². The first-order chi connectivity index (χ1) is 10.7. The molecule has 0 fully saturated rings. The third-order valence-corrected chi connectivity index (χ3v) is 4.50. The molecular weight excluding hydrogens is 295 g/mol. The SMILES string of the molecule is Cc1nc(SCc2ccccc2)c2cc(F)ccc2c1C#N. The number of fused-ring (bicyclic) bond motifs is 1. The monoisotopic (exact) mass is 308 g/mol. The van der Waals surface area contributed by atoms with E-state index in [1.54, 1.807) is 17.8 Å². The minimum Gasteiger partial charge on any atom is -0.245 e. The van der Waals surface area contributed by atoms with Gasteiger partial charge in [-0.15, -0.1) is 11.8 Å². The summed E-state index contributed by atoms with van der Waals surface area (Å²) in [6.07, 6.45) is 0. The molecular formula is C18H13FN2S. The first-order valence-corrected chi connectivity index (χ1v) is 7.84. The molecule has 2 aromatic carbocycles. The molecule has 0 aliphatic carbocycles. The summed E-state index contributed by atoms with van der Waals surface area (Å²) in [7, 11) is 0. The smallest absolute Gasteiger partial charge is 0.123 e. The Hall–Kier alpha value is -2.38. The molecule has 2 nitrogen and oxygen atoms in total. The van der Waals surface area contributed by atoms with E-state index in [1.165, 1.54) is 17.7 Å². The van der Waals surface area contributed by atoms with E-state index in [0.717, 1.165) is 16.2 Å². The summed E-state index contributed by atoms with van der Waals surface area (Å²) in [6, 6.07) is 16.7. The molecule has 22 heavy (non-hydrogen) atoms. The number of aromatic nitrogens is 1. The maximum Gasteiger partial charge on any atom is 0.123 e. The van der Waals surface area contributed by atoms with Gasteiger partial charge in [0.2, 0.25) is 0 Å². The third kappa shape index (κ3) is 2.81. The van der Waals surface area contributed by atoms with Crippen LogP contribution in [-0.2, 0) is 5.75 Å². The van der Waals surface area contributed by atoms with Crippen molar-refractivity contribution in [1.82, 2.24) is 4.98 Å². The van der Waals surface area contributed by atoms with Crippen molar-refractivity contribution in [3.63, 3.8) is 0 Å². The highest BCUT2D eigenvalue weighted by Crippen LogP contribution is 2.32. The van der Waals surface area contributed by atoms with E-state index >= 15 is 0 Å². The Morgan fingerprint density at radius 1 is 1.14 bits per heavy atom. The lowest BCUT2D eigenvalue weighted by molar-refractivity contribution is 0.629. The van der Waals surface area contributed by atoms with Gasteiger partial charge in [0.25, 0.3) is 0 Å². The van der Waals surface area contributed by atoms with E-state index < -0.39 is 0 Å². The van der Waals surface area contributed by atoms with Gasteiger partial charge in [-0.05, 0) is 30.7 Å². The predicted molar refractivity (Wildman–Crippen MR) is 87.2 cm³/mol. The molecule has 0 amide bonds. The molecule has 108 valence electrons. The Morgan fingerprint density at radius 3 is 2.64 bits per heavy atom. The van der Waals surface area contributed by atoms with Crippen LogP contribution >= 0.6 is 11.8 Å². The van der Waals surface area contributed by atoms with Crippen molar-refractivity contribution in [2.45, 2.75) is 17.7 Å². The summed E-state index contributed by atoms with van der Waals surface area (Å²) >= 11 is 1.56. The Balaban J connectivity index is 2.06. The zero-order valence-corrected chi connectivity index (χ0v) is 12.8. The van der Waals surface area contributed by atoms with Crippen LogP contribution in [0.15, 0.2) is 53.6 Å². The van der Waals surface area contributed by atoms with Crippen LogP contribution in [-0.4, -0.2) is 4.98 Å². The van der Waals surface area contributed by atoms with Gasteiger partial charge in [-0.3, -0.25) is 0 Å². The lowest BCUT2D eigenvalue weighted by Crippen LogP contribution is -1.95. The summed E-state index contributed by atoms with van der Waals surface area (Å²) in [5, 5.41) is 11.5. The fourth-order valence-corrected chi connectivity index (χ4v) is 3.37. The molecule has 3 aromatic rings. The minimum absolute atomic E-state index is 0.316. The first kappa shape index (κ1) is 14.6. The Bertz CT molecular complexity index is 870. The average molecular weight is 308 g/mol. The van der Waals surface area contributed by atoms with Crippen molar-refractivity contribution in [3.8, 4) is 6.07 Å². The quantitative estimate of drug-likeness (QED) is 0.649. The van der Waals surface area contributed by atoms with Crippen LogP contribution < -0.4 is 0 Å². The van der Waals surface area contributed by atoms with Crippen LogP contribution in [0, 0.1) is 24.1 Å². The number of nitrogens with zero attached hydrogens (tertiary/aromatic N) is 2. The number of thioether (sulfide) groups is 1. The van der Waals surface area contributed by atoms with Gasteiger partial charge in [0.05, 0.1) is 11.3 Å². The van der Waals surface area contributed by atoms with Crippen molar-refractivity contribution in [2.75, 3.05) is 0 Å².